The summed E-state index contributed by atoms with van der Waals surface area (Å²) >= 11 is 0. The topological polar surface area (TPSA) is 81.7 Å². The van der Waals surface area contributed by atoms with Gasteiger partial charge in [0.05, 0.1) is 32.2 Å². The molecule has 2 heterocycles. The van der Waals surface area contributed by atoms with Crippen LogP contribution in [-0.2, 0) is 9.53 Å². The molecule has 0 spiro atoms. The first kappa shape index (κ1) is 18.2. The number of anilines is 1. The molecule has 0 aliphatic carbocycles. The molecule has 1 unspecified atom stereocenters. The molecule has 1 saturated heterocycles. The van der Waals surface area contributed by atoms with Crippen LogP contribution in [0.25, 0.3) is 0 Å². The highest BCUT2D eigenvalue weighted by molar-refractivity contribution is 5.90. The molecule has 26 heavy (non-hydrogen) atoms. The number of aromatic nitrogens is 1. The highest BCUT2D eigenvalue weighted by atomic mass is 16.5. The van der Waals surface area contributed by atoms with E-state index < -0.39 is 0 Å². The van der Waals surface area contributed by atoms with E-state index in [-0.39, 0.29) is 11.9 Å². The number of carbonyl (C=O) groups excluding carboxylic acids is 1. The smallest absolute Gasteiger partial charge is 0.226 e. The minimum atomic E-state index is -0.0799. The van der Waals surface area contributed by atoms with Crippen molar-refractivity contribution in [2.45, 2.75) is 19.4 Å². The van der Waals surface area contributed by atoms with Gasteiger partial charge in [-0.2, -0.15) is 0 Å². The summed E-state index contributed by atoms with van der Waals surface area (Å²) in [5.41, 5.74) is 1.70. The summed E-state index contributed by atoms with van der Waals surface area (Å²) in [6.45, 7) is 4.00. The number of hydrogen-bond acceptors (Lipinski definition) is 6. The maximum atomic E-state index is 12.1. The Bertz CT molecular complexity index is 743. The number of pyridine rings is 1. The molecule has 1 amide bonds. The Labute approximate surface area is 152 Å². The van der Waals surface area contributed by atoms with Crippen molar-refractivity contribution in [2.75, 3.05) is 32.2 Å². The molecular weight excluding hydrogens is 334 g/mol. The summed E-state index contributed by atoms with van der Waals surface area (Å²) in [6, 6.07) is 9.18. The van der Waals surface area contributed by atoms with E-state index in [9.17, 15) is 4.79 Å². The van der Waals surface area contributed by atoms with Crippen LogP contribution in [0.4, 0.5) is 5.69 Å². The Kier molecular flexibility index (Phi) is 6.04. The molecular formula is C19H23N3O4. The van der Waals surface area contributed by atoms with Gasteiger partial charge in [-0.25, -0.2) is 4.98 Å². The predicted molar refractivity (Wildman–Crippen MR) is 97.9 cm³/mol. The van der Waals surface area contributed by atoms with Crippen molar-refractivity contribution in [3.8, 4) is 17.4 Å². The second kappa shape index (κ2) is 8.64. The van der Waals surface area contributed by atoms with Crippen LogP contribution in [0.2, 0.25) is 0 Å². The molecule has 0 radical (unpaired) electrons. The standard InChI is InChI=1S/C19H23N3O4/c1-13-3-5-16(17(9-13)24-2)26-19-6-4-14(11-21-19)22-18(23)10-15-12-25-8-7-20-15/h3-6,9,11,15,20H,7-8,10,12H2,1-2H3,(H,22,23). The average molecular weight is 357 g/mol. The lowest BCUT2D eigenvalue weighted by atomic mass is 10.2. The molecule has 1 aliphatic rings. The van der Waals surface area contributed by atoms with Gasteiger partial charge in [-0.3, -0.25) is 4.79 Å². The quantitative estimate of drug-likeness (QED) is 0.827. The second-order valence-electron chi connectivity index (χ2n) is 6.12. The summed E-state index contributed by atoms with van der Waals surface area (Å²) in [4.78, 5) is 16.3. The van der Waals surface area contributed by atoms with E-state index in [1.165, 1.54) is 0 Å². The van der Waals surface area contributed by atoms with Crippen molar-refractivity contribution in [3.05, 3.63) is 42.1 Å². The van der Waals surface area contributed by atoms with E-state index >= 15 is 0 Å². The van der Waals surface area contributed by atoms with Crippen LogP contribution in [0, 0.1) is 6.92 Å². The fourth-order valence-corrected chi connectivity index (χ4v) is 2.67. The van der Waals surface area contributed by atoms with Gasteiger partial charge in [0, 0.05) is 25.1 Å². The molecule has 1 fully saturated rings. The number of hydrogen-bond donors (Lipinski definition) is 2. The predicted octanol–water partition coefficient (Wildman–Crippen LogP) is 2.51. The van der Waals surface area contributed by atoms with Gasteiger partial charge in [0.2, 0.25) is 11.8 Å². The Morgan fingerprint density at radius 1 is 1.35 bits per heavy atom. The second-order valence-corrected chi connectivity index (χ2v) is 6.12. The molecule has 2 aromatic rings. The molecule has 138 valence electrons. The van der Waals surface area contributed by atoms with Gasteiger partial charge in [-0.15, -0.1) is 0 Å². The molecule has 1 aromatic carbocycles. The first-order valence-corrected chi connectivity index (χ1v) is 8.53. The Morgan fingerprint density at radius 2 is 2.23 bits per heavy atom. The maximum Gasteiger partial charge on any atom is 0.226 e. The van der Waals surface area contributed by atoms with Crippen molar-refractivity contribution in [3.63, 3.8) is 0 Å². The lowest BCUT2D eigenvalue weighted by Crippen LogP contribution is -2.43. The molecule has 7 nitrogen and oxygen atoms in total. The number of nitrogens with zero attached hydrogens (tertiary/aromatic N) is 1. The number of morpholine rings is 1. The third-order valence-electron chi connectivity index (χ3n) is 3.98. The third-order valence-corrected chi connectivity index (χ3v) is 3.98. The molecule has 1 atom stereocenters. The lowest BCUT2D eigenvalue weighted by molar-refractivity contribution is -0.117. The number of carbonyl (C=O) groups is 1. The normalized spacial score (nSPS) is 16.8. The van der Waals surface area contributed by atoms with Crippen molar-refractivity contribution in [2.24, 2.45) is 0 Å². The largest absolute Gasteiger partial charge is 0.493 e. The number of aryl methyl sites for hydroxylation is 1. The lowest BCUT2D eigenvalue weighted by Gasteiger charge is -2.23. The Morgan fingerprint density at radius 3 is 2.92 bits per heavy atom. The minimum Gasteiger partial charge on any atom is -0.493 e. The van der Waals surface area contributed by atoms with Crippen LogP contribution < -0.4 is 20.1 Å². The number of amides is 1. The summed E-state index contributed by atoms with van der Waals surface area (Å²) < 4.78 is 16.4. The molecule has 0 saturated carbocycles. The van der Waals surface area contributed by atoms with Gasteiger partial charge in [0.1, 0.15) is 0 Å². The molecule has 2 N–H and O–H groups in total. The van der Waals surface area contributed by atoms with Crippen LogP contribution in [0.15, 0.2) is 36.5 Å². The number of methoxy groups -OCH3 is 1. The van der Waals surface area contributed by atoms with Crippen molar-refractivity contribution in [1.29, 1.82) is 0 Å². The van der Waals surface area contributed by atoms with Gasteiger partial charge in [-0.05, 0) is 30.7 Å². The van der Waals surface area contributed by atoms with E-state index in [0.29, 0.717) is 42.7 Å². The number of benzene rings is 1. The fourth-order valence-electron chi connectivity index (χ4n) is 2.67. The van der Waals surface area contributed by atoms with Crippen LogP contribution in [0.3, 0.4) is 0 Å². The first-order valence-electron chi connectivity index (χ1n) is 8.53. The van der Waals surface area contributed by atoms with Crippen molar-refractivity contribution >= 4 is 11.6 Å². The molecule has 0 bridgehead atoms. The Balaban J connectivity index is 1.57. The number of ether oxygens (including phenoxy) is 3. The van der Waals surface area contributed by atoms with Crippen molar-refractivity contribution in [1.82, 2.24) is 10.3 Å². The average Bonchev–Trinajstić information content (AvgIpc) is 2.65. The SMILES string of the molecule is COc1cc(C)ccc1Oc1ccc(NC(=O)CC2COCCN2)cn1. The van der Waals surface area contributed by atoms with Crippen LogP contribution in [0.5, 0.6) is 17.4 Å². The molecule has 1 aromatic heterocycles. The van der Waals surface area contributed by atoms with Gasteiger partial charge in [0.15, 0.2) is 11.5 Å². The zero-order chi connectivity index (χ0) is 18.4. The van der Waals surface area contributed by atoms with Gasteiger partial charge in [-0.1, -0.05) is 6.07 Å². The highest BCUT2D eigenvalue weighted by Gasteiger charge is 2.17. The fraction of sp³-hybridized carbons (Fsp3) is 0.368. The molecule has 1 aliphatic heterocycles. The van der Waals surface area contributed by atoms with E-state index in [4.69, 9.17) is 14.2 Å². The molecule has 3 rings (SSSR count). The summed E-state index contributed by atoms with van der Waals surface area (Å²) in [5, 5.41) is 6.09. The number of nitrogens with one attached hydrogen (secondary N) is 2. The van der Waals surface area contributed by atoms with Gasteiger partial charge >= 0.3 is 0 Å². The highest BCUT2D eigenvalue weighted by Crippen LogP contribution is 2.31. The number of rotatable bonds is 6. The zero-order valence-corrected chi connectivity index (χ0v) is 15.0. The first-order chi connectivity index (χ1) is 12.6. The summed E-state index contributed by atoms with van der Waals surface area (Å²) in [6.07, 6.45) is 1.93. The summed E-state index contributed by atoms with van der Waals surface area (Å²) in [7, 11) is 1.60. The minimum absolute atomic E-state index is 0.0494. The summed E-state index contributed by atoms with van der Waals surface area (Å²) in [5.74, 6) is 1.58. The Hall–Kier alpha value is -2.64. The van der Waals surface area contributed by atoms with Gasteiger partial charge in [0.25, 0.3) is 0 Å². The van der Waals surface area contributed by atoms with E-state index in [2.05, 4.69) is 15.6 Å². The van der Waals surface area contributed by atoms with E-state index in [1.54, 1.807) is 25.4 Å². The van der Waals surface area contributed by atoms with Crippen LogP contribution in [0.1, 0.15) is 12.0 Å². The third kappa shape index (κ3) is 4.93. The molecule has 7 heteroatoms. The van der Waals surface area contributed by atoms with Crippen molar-refractivity contribution < 1.29 is 19.0 Å². The maximum absolute atomic E-state index is 12.1. The van der Waals surface area contributed by atoms with Gasteiger partial charge < -0.3 is 24.8 Å². The van der Waals surface area contributed by atoms with E-state index in [1.807, 2.05) is 25.1 Å². The zero-order valence-electron chi connectivity index (χ0n) is 15.0. The van der Waals surface area contributed by atoms with Crippen LogP contribution in [-0.4, -0.2) is 43.8 Å². The van der Waals surface area contributed by atoms with Crippen LogP contribution >= 0.6 is 0 Å². The van der Waals surface area contributed by atoms with E-state index in [0.717, 1.165) is 12.1 Å². The monoisotopic (exact) mass is 357 g/mol.